The highest BCUT2D eigenvalue weighted by atomic mass is 35.5. The minimum atomic E-state index is -0.0643. The number of amides is 1. The van der Waals surface area contributed by atoms with Gasteiger partial charge in [-0.2, -0.15) is 0 Å². The topological polar surface area (TPSA) is 45.9 Å². The quantitative estimate of drug-likeness (QED) is 0.826. The van der Waals surface area contributed by atoms with Crippen LogP contribution in [0.15, 0.2) is 40.8 Å². The Morgan fingerprint density at radius 2 is 1.96 bits per heavy atom. The molecule has 25 heavy (non-hydrogen) atoms. The zero-order chi connectivity index (χ0) is 17.4. The van der Waals surface area contributed by atoms with Crippen LogP contribution in [-0.2, 0) is 4.74 Å². The van der Waals surface area contributed by atoms with Crippen LogP contribution < -0.4 is 0 Å². The van der Waals surface area contributed by atoms with Crippen LogP contribution in [-0.4, -0.2) is 61.6 Å². The van der Waals surface area contributed by atoms with Crippen molar-refractivity contribution < 1.29 is 13.9 Å². The number of rotatable bonds is 2. The molecule has 0 N–H and O–H groups in total. The standard InChI is InChI=1S/C19H21ClN2O3/c1-21-8-13-9-22(10-14(21)12-24-11-13)19(23)18-7-6-17(25-18)15-4-2-3-5-16(15)20/h2-7,13-14H,8-12H2,1H3/t13-,14+/m1/s1. The molecule has 2 saturated heterocycles. The van der Waals surface area contributed by atoms with Crippen LogP contribution in [0.1, 0.15) is 10.6 Å². The number of nitrogens with zero attached hydrogens (tertiary/aromatic N) is 2. The Kier molecular flexibility index (Phi) is 4.54. The monoisotopic (exact) mass is 360 g/mol. The molecule has 0 saturated carbocycles. The summed E-state index contributed by atoms with van der Waals surface area (Å²) in [6.07, 6.45) is 0. The van der Waals surface area contributed by atoms with E-state index in [4.69, 9.17) is 20.8 Å². The van der Waals surface area contributed by atoms with Gasteiger partial charge in [-0.05, 0) is 31.3 Å². The number of likely N-dealkylation sites (N-methyl/N-ethyl adjacent to an activating group) is 1. The molecule has 0 radical (unpaired) electrons. The van der Waals surface area contributed by atoms with Crippen molar-refractivity contribution in [2.24, 2.45) is 5.92 Å². The maximum absolute atomic E-state index is 13.0. The fourth-order valence-corrected chi connectivity index (χ4v) is 3.86. The van der Waals surface area contributed by atoms with Crippen LogP contribution in [0.25, 0.3) is 11.3 Å². The molecule has 0 spiro atoms. The third-order valence-electron chi connectivity index (χ3n) is 4.99. The van der Waals surface area contributed by atoms with Gasteiger partial charge in [0.15, 0.2) is 5.76 Å². The Balaban J connectivity index is 1.56. The second-order valence-electron chi connectivity index (χ2n) is 6.85. The third kappa shape index (κ3) is 3.32. The van der Waals surface area contributed by atoms with Crippen molar-refractivity contribution in [1.82, 2.24) is 9.80 Å². The molecule has 0 unspecified atom stereocenters. The Morgan fingerprint density at radius 1 is 1.12 bits per heavy atom. The summed E-state index contributed by atoms with van der Waals surface area (Å²) in [4.78, 5) is 17.2. The molecule has 2 bridgehead atoms. The zero-order valence-corrected chi connectivity index (χ0v) is 14.9. The van der Waals surface area contributed by atoms with Crippen LogP contribution >= 0.6 is 11.6 Å². The predicted octanol–water partition coefficient (Wildman–Crippen LogP) is 3.00. The molecule has 2 fully saturated rings. The lowest BCUT2D eigenvalue weighted by atomic mass is 10.1. The highest BCUT2D eigenvalue weighted by Gasteiger charge is 2.34. The first-order chi connectivity index (χ1) is 12.1. The Bertz CT molecular complexity index is 776. The number of carbonyl (C=O) groups is 1. The van der Waals surface area contributed by atoms with E-state index < -0.39 is 0 Å². The SMILES string of the molecule is CN1C[C@H]2COC[C@@H]1CN(C(=O)c1ccc(-c3ccccc3Cl)o1)C2. The van der Waals surface area contributed by atoms with Gasteiger partial charge in [0.1, 0.15) is 5.76 Å². The number of hydrogen-bond acceptors (Lipinski definition) is 4. The van der Waals surface area contributed by atoms with Gasteiger partial charge in [0.25, 0.3) is 5.91 Å². The average Bonchev–Trinajstić information content (AvgIpc) is 2.93. The zero-order valence-electron chi connectivity index (χ0n) is 14.2. The molecule has 1 aromatic carbocycles. The molecular weight excluding hydrogens is 340 g/mol. The molecule has 2 aromatic rings. The lowest BCUT2D eigenvalue weighted by Gasteiger charge is -2.29. The molecule has 3 heterocycles. The van der Waals surface area contributed by atoms with Gasteiger partial charge in [-0.25, -0.2) is 0 Å². The molecule has 4 rings (SSSR count). The van der Waals surface area contributed by atoms with Crippen molar-refractivity contribution in [1.29, 1.82) is 0 Å². The van der Waals surface area contributed by atoms with Crippen LogP contribution in [0.4, 0.5) is 0 Å². The van der Waals surface area contributed by atoms with Gasteiger partial charge in [-0.3, -0.25) is 9.69 Å². The van der Waals surface area contributed by atoms with E-state index in [-0.39, 0.29) is 11.9 Å². The van der Waals surface area contributed by atoms with E-state index in [0.717, 1.165) is 12.1 Å². The number of hydrogen-bond donors (Lipinski definition) is 0. The van der Waals surface area contributed by atoms with E-state index in [2.05, 4.69) is 11.9 Å². The van der Waals surface area contributed by atoms with Crippen LogP contribution in [0.5, 0.6) is 0 Å². The summed E-state index contributed by atoms with van der Waals surface area (Å²) in [5, 5.41) is 0.610. The van der Waals surface area contributed by atoms with Gasteiger partial charge in [0, 0.05) is 31.1 Å². The molecule has 2 aliphatic rings. The van der Waals surface area contributed by atoms with Crippen LogP contribution in [0, 0.1) is 5.92 Å². The first-order valence-corrected chi connectivity index (χ1v) is 8.91. The lowest BCUT2D eigenvalue weighted by Crippen LogP contribution is -2.44. The van der Waals surface area contributed by atoms with E-state index in [9.17, 15) is 4.79 Å². The van der Waals surface area contributed by atoms with Gasteiger partial charge >= 0.3 is 0 Å². The van der Waals surface area contributed by atoms with Crippen molar-refractivity contribution in [2.75, 3.05) is 39.9 Å². The molecule has 2 atom stereocenters. The molecule has 2 aliphatic heterocycles. The highest BCUT2D eigenvalue weighted by Crippen LogP contribution is 2.30. The first-order valence-electron chi connectivity index (χ1n) is 8.54. The molecule has 6 heteroatoms. The van der Waals surface area contributed by atoms with E-state index in [0.29, 0.717) is 48.8 Å². The minimum Gasteiger partial charge on any atom is -0.451 e. The summed E-state index contributed by atoms with van der Waals surface area (Å²) >= 11 is 6.22. The normalized spacial score (nSPS) is 24.2. The van der Waals surface area contributed by atoms with Gasteiger partial charge < -0.3 is 14.1 Å². The van der Waals surface area contributed by atoms with Crippen LogP contribution in [0.3, 0.4) is 0 Å². The number of carbonyl (C=O) groups excluding carboxylic acids is 1. The largest absolute Gasteiger partial charge is 0.451 e. The van der Waals surface area contributed by atoms with Crippen molar-refractivity contribution in [3.8, 4) is 11.3 Å². The van der Waals surface area contributed by atoms with Crippen molar-refractivity contribution in [2.45, 2.75) is 6.04 Å². The summed E-state index contributed by atoms with van der Waals surface area (Å²) < 4.78 is 11.6. The van der Waals surface area contributed by atoms with E-state index in [1.165, 1.54) is 0 Å². The molecule has 5 nitrogen and oxygen atoms in total. The maximum Gasteiger partial charge on any atom is 0.289 e. The predicted molar refractivity (Wildman–Crippen MR) is 95.8 cm³/mol. The summed E-state index contributed by atoms with van der Waals surface area (Å²) in [6.45, 7) is 3.68. The molecule has 1 aromatic heterocycles. The average molecular weight is 361 g/mol. The van der Waals surface area contributed by atoms with E-state index in [1.807, 2.05) is 35.2 Å². The van der Waals surface area contributed by atoms with E-state index >= 15 is 0 Å². The van der Waals surface area contributed by atoms with Crippen molar-refractivity contribution in [3.05, 3.63) is 47.2 Å². The van der Waals surface area contributed by atoms with Crippen LogP contribution in [0.2, 0.25) is 5.02 Å². The summed E-state index contributed by atoms with van der Waals surface area (Å²) in [5.74, 6) is 1.24. The third-order valence-corrected chi connectivity index (χ3v) is 5.32. The minimum absolute atomic E-state index is 0.0643. The first kappa shape index (κ1) is 16.6. The summed E-state index contributed by atoms with van der Waals surface area (Å²) in [5.41, 5.74) is 0.795. The summed E-state index contributed by atoms with van der Waals surface area (Å²) in [6, 6.07) is 11.2. The van der Waals surface area contributed by atoms with E-state index in [1.54, 1.807) is 6.07 Å². The van der Waals surface area contributed by atoms with Crippen molar-refractivity contribution in [3.63, 3.8) is 0 Å². The molecule has 0 aliphatic carbocycles. The summed E-state index contributed by atoms with van der Waals surface area (Å²) in [7, 11) is 2.10. The number of fused-ring (bicyclic) bond motifs is 3. The smallest absolute Gasteiger partial charge is 0.289 e. The Hall–Kier alpha value is -1.82. The lowest BCUT2D eigenvalue weighted by molar-refractivity contribution is 0.0415. The second kappa shape index (κ2) is 6.83. The number of benzene rings is 1. The Morgan fingerprint density at radius 3 is 2.80 bits per heavy atom. The van der Waals surface area contributed by atoms with Crippen molar-refractivity contribution >= 4 is 17.5 Å². The van der Waals surface area contributed by atoms with Gasteiger partial charge in [-0.1, -0.05) is 23.7 Å². The molecule has 1 amide bonds. The Labute approximate surface area is 152 Å². The fraction of sp³-hybridized carbons (Fsp3) is 0.421. The second-order valence-corrected chi connectivity index (χ2v) is 7.26. The highest BCUT2D eigenvalue weighted by molar-refractivity contribution is 6.33. The van der Waals surface area contributed by atoms with Gasteiger partial charge in [-0.15, -0.1) is 0 Å². The van der Waals surface area contributed by atoms with Gasteiger partial charge in [0.05, 0.1) is 24.3 Å². The fourth-order valence-electron chi connectivity index (χ4n) is 3.63. The maximum atomic E-state index is 13.0. The number of furan rings is 1. The molecular formula is C19H21ClN2O3. The molecule has 132 valence electrons. The number of halogens is 1. The number of ether oxygens (including phenoxy) is 1. The van der Waals surface area contributed by atoms with Gasteiger partial charge in [0.2, 0.25) is 0 Å².